The Morgan fingerprint density at radius 3 is 2.81 bits per heavy atom. The van der Waals surface area contributed by atoms with Gasteiger partial charge in [-0.05, 0) is 25.0 Å². The molecule has 0 spiro atoms. The maximum atomic E-state index is 13.6. The van der Waals surface area contributed by atoms with E-state index in [-0.39, 0.29) is 16.6 Å². The monoisotopic (exact) mass is 381 g/mol. The number of nitrogens with one attached hydrogen (secondary N) is 2. The summed E-state index contributed by atoms with van der Waals surface area (Å²) in [7, 11) is 0. The lowest BCUT2D eigenvalue weighted by Gasteiger charge is -2.14. The second-order valence-corrected chi connectivity index (χ2v) is 6.73. The van der Waals surface area contributed by atoms with Crippen LogP contribution in [0.1, 0.15) is 29.6 Å². The maximum absolute atomic E-state index is 13.6. The van der Waals surface area contributed by atoms with Gasteiger partial charge in [0, 0.05) is 32.1 Å². The molecule has 7 nitrogen and oxygen atoms in total. The third-order valence-electron chi connectivity index (χ3n) is 3.87. The average molecular weight is 381 g/mol. The first-order chi connectivity index (χ1) is 12.5. The summed E-state index contributed by atoms with van der Waals surface area (Å²) >= 11 is 1.11. The van der Waals surface area contributed by atoms with Crippen LogP contribution in [0.15, 0.2) is 18.2 Å². The van der Waals surface area contributed by atoms with Crippen LogP contribution < -0.4 is 10.6 Å². The molecule has 2 amide bonds. The molecule has 0 bridgehead atoms. The number of carbonyl (C=O) groups excluding carboxylic acids is 2. The molecule has 0 atom stereocenters. The topological polar surface area (TPSA) is 87.2 Å². The van der Waals surface area contributed by atoms with Crippen molar-refractivity contribution in [3.63, 3.8) is 0 Å². The number of benzene rings is 1. The van der Waals surface area contributed by atoms with Crippen LogP contribution in [0.5, 0.6) is 0 Å². The van der Waals surface area contributed by atoms with Crippen molar-refractivity contribution >= 4 is 33.4 Å². The second kappa shape index (κ2) is 8.17. The fraction of sp³-hybridized carbons (Fsp3) is 0.375. The quantitative estimate of drug-likeness (QED) is 0.720. The molecule has 0 unspecified atom stereocenters. The molecule has 1 fully saturated rings. The zero-order valence-electron chi connectivity index (χ0n) is 13.8. The van der Waals surface area contributed by atoms with Gasteiger partial charge in [-0.3, -0.25) is 14.9 Å². The van der Waals surface area contributed by atoms with Crippen LogP contribution in [0.3, 0.4) is 0 Å². The normalized spacial score (nSPS) is 13.9. The van der Waals surface area contributed by atoms with E-state index >= 15 is 0 Å². The molecule has 0 radical (unpaired) electrons. The first-order valence-corrected chi connectivity index (χ1v) is 8.96. The zero-order valence-corrected chi connectivity index (χ0v) is 14.6. The van der Waals surface area contributed by atoms with Crippen LogP contribution in [-0.2, 0) is 4.79 Å². The van der Waals surface area contributed by atoms with E-state index in [1.807, 2.05) is 4.90 Å². The van der Waals surface area contributed by atoms with Gasteiger partial charge in [-0.1, -0.05) is 11.3 Å². The van der Waals surface area contributed by atoms with Crippen LogP contribution in [0.25, 0.3) is 0 Å². The summed E-state index contributed by atoms with van der Waals surface area (Å²) in [5.41, 5.74) is -0.272. The largest absolute Gasteiger partial charge is 0.360 e. The van der Waals surface area contributed by atoms with Crippen LogP contribution in [0.4, 0.5) is 19.0 Å². The summed E-state index contributed by atoms with van der Waals surface area (Å²) in [6, 6.07) is 2.73. The summed E-state index contributed by atoms with van der Waals surface area (Å²) < 4.78 is 26.5. The van der Waals surface area contributed by atoms with Crippen molar-refractivity contribution in [2.24, 2.45) is 0 Å². The molecule has 2 aromatic rings. The molecule has 1 aliphatic rings. The fourth-order valence-electron chi connectivity index (χ4n) is 2.59. The number of hydrogen-bond donors (Lipinski definition) is 2. The minimum absolute atomic E-state index is 0.193. The van der Waals surface area contributed by atoms with Gasteiger partial charge in [-0.15, -0.1) is 10.2 Å². The van der Waals surface area contributed by atoms with Crippen LogP contribution in [0.2, 0.25) is 0 Å². The highest BCUT2D eigenvalue weighted by Crippen LogP contribution is 2.21. The molecule has 1 aliphatic heterocycles. The molecule has 3 rings (SSSR count). The van der Waals surface area contributed by atoms with E-state index < -0.39 is 17.5 Å². The molecule has 10 heteroatoms. The predicted octanol–water partition coefficient (Wildman–Crippen LogP) is 2.49. The van der Waals surface area contributed by atoms with Gasteiger partial charge in [-0.25, -0.2) is 8.78 Å². The minimum atomic E-state index is -0.943. The Morgan fingerprint density at radius 1 is 1.27 bits per heavy atom. The SMILES string of the molecule is O=C(Nc1nnc(NCCCN2CCCC2=O)s1)c1ccc(F)cc1F. The number of rotatable bonds is 7. The zero-order chi connectivity index (χ0) is 18.5. The Hall–Kier alpha value is -2.62. The van der Waals surface area contributed by atoms with Gasteiger partial charge in [0.15, 0.2) is 0 Å². The molecule has 2 heterocycles. The molecule has 1 aromatic heterocycles. The van der Waals surface area contributed by atoms with Crippen molar-refractivity contribution in [1.82, 2.24) is 15.1 Å². The van der Waals surface area contributed by atoms with Gasteiger partial charge in [0.1, 0.15) is 11.6 Å². The summed E-state index contributed by atoms with van der Waals surface area (Å²) in [5, 5.41) is 13.9. The summed E-state index contributed by atoms with van der Waals surface area (Å²) in [6.07, 6.45) is 2.32. The fourth-order valence-corrected chi connectivity index (χ4v) is 3.25. The number of hydrogen-bond acceptors (Lipinski definition) is 6. The Labute approximate surface area is 152 Å². The Morgan fingerprint density at radius 2 is 2.08 bits per heavy atom. The number of anilines is 2. The van der Waals surface area contributed by atoms with Gasteiger partial charge in [0.05, 0.1) is 5.56 Å². The van der Waals surface area contributed by atoms with Crippen LogP contribution in [0, 0.1) is 11.6 Å². The lowest BCUT2D eigenvalue weighted by atomic mass is 10.2. The summed E-state index contributed by atoms with van der Waals surface area (Å²) in [6.45, 7) is 2.12. The van der Waals surface area contributed by atoms with Crippen LogP contribution in [-0.4, -0.2) is 46.5 Å². The van der Waals surface area contributed by atoms with Gasteiger partial charge < -0.3 is 10.2 Å². The van der Waals surface area contributed by atoms with E-state index in [0.29, 0.717) is 30.7 Å². The van der Waals surface area contributed by atoms with Crippen molar-refractivity contribution in [2.75, 3.05) is 30.3 Å². The molecule has 1 saturated heterocycles. The van der Waals surface area contributed by atoms with E-state index in [4.69, 9.17) is 0 Å². The molecule has 0 aliphatic carbocycles. The Balaban J connectivity index is 1.46. The standard InChI is InChI=1S/C16H17F2N5O2S/c17-10-4-5-11(12(18)9-10)14(25)20-16-22-21-15(26-16)19-6-2-8-23-7-1-3-13(23)24/h4-5,9H,1-3,6-8H2,(H,19,21)(H,20,22,25). The lowest BCUT2D eigenvalue weighted by molar-refractivity contribution is -0.127. The summed E-state index contributed by atoms with van der Waals surface area (Å²) in [4.78, 5) is 25.3. The van der Waals surface area contributed by atoms with Crippen molar-refractivity contribution in [3.05, 3.63) is 35.4 Å². The molecule has 138 valence electrons. The Bertz CT molecular complexity index is 814. The number of amides is 2. The highest BCUT2D eigenvalue weighted by Gasteiger charge is 2.19. The van der Waals surface area contributed by atoms with E-state index in [1.165, 1.54) is 0 Å². The van der Waals surface area contributed by atoms with Crippen molar-refractivity contribution in [2.45, 2.75) is 19.3 Å². The molecule has 26 heavy (non-hydrogen) atoms. The number of likely N-dealkylation sites (tertiary alicyclic amines) is 1. The average Bonchev–Trinajstić information content (AvgIpc) is 3.20. The van der Waals surface area contributed by atoms with Crippen LogP contribution >= 0.6 is 11.3 Å². The highest BCUT2D eigenvalue weighted by atomic mass is 32.1. The first kappa shape index (κ1) is 18.2. The molecular weight excluding hydrogens is 364 g/mol. The third kappa shape index (κ3) is 4.51. The smallest absolute Gasteiger partial charge is 0.260 e. The third-order valence-corrected chi connectivity index (χ3v) is 4.67. The minimum Gasteiger partial charge on any atom is -0.360 e. The Kier molecular flexibility index (Phi) is 5.71. The molecule has 1 aromatic carbocycles. The number of halogens is 2. The van der Waals surface area contributed by atoms with Crippen molar-refractivity contribution in [1.29, 1.82) is 0 Å². The predicted molar refractivity (Wildman–Crippen MR) is 93.1 cm³/mol. The van der Waals surface area contributed by atoms with E-state index in [1.54, 1.807) is 0 Å². The van der Waals surface area contributed by atoms with Crippen molar-refractivity contribution < 1.29 is 18.4 Å². The maximum Gasteiger partial charge on any atom is 0.260 e. The highest BCUT2D eigenvalue weighted by molar-refractivity contribution is 7.19. The van der Waals surface area contributed by atoms with Gasteiger partial charge in [0.25, 0.3) is 5.91 Å². The molecular formula is C16H17F2N5O2S. The number of nitrogens with zero attached hydrogens (tertiary/aromatic N) is 3. The second-order valence-electron chi connectivity index (χ2n) is 5.76. The van der Waals surface area contributed by atoms with E-state index in [0.717, 1.165) is 42.9 Å². The first-order valence-electron chi connectivity index (χ1n) is 8.14. The number of aromatic nitrogens is 2. The van der Waals surface area contributed by atoms with Crippen molar-refractivity contribution in [3.8, 4) is 0 Å². The van der Waals surface area contributed by atoms with Gasteiger partial charge in [-0.2, -0.15) is 0 Å². The van der Waals surface area contributed by atoms with Gasteiger partial charge in [0.2, 0.25) is 16.2 Å². The lowest BCUT2D eigenvalue weighted by Crippen LogP contribution is -2.26. The summed E-state index contributed by atoms with van der Waals surface area (Å²) in [5.74, 6) is -2.23. The molecule has 2 N–H and O–H groups in total. The molecule has 0 saturated carbocycles. The van der Waals surface area contributed by atoms with E-state index in [2.05, 4.69) is 20.8 Å². The van der Waals surface area contributed by atoms with Gasteiger partial charge >= 0.3 is 0 Å². The van der Waals surface area contributed by atoms with E-state index in [9.17, 15) is 18.4 Å². The number of carbonyl (C=O) groups is 2.